The van der Waals surface area contributed by atoms with Crippen LogP contribution in [0.3, 0.4) is 0 Å². The number of piperidine rings is 1. The molecule has 0 aromatic rings. The molecule has 1 atom stereocenters. The number of rotatable bonds is 5. The molecule has 0 radical (unpaired) electrons. The van der Waals surface area contributed by atoms with E-state index in [2.05, 4.69) is 31.0 Å². The van der Waals surface area contributed by atoms with Gasteiger partial charge >= 0.3 is 0 Å². The summed E-state index contributed by atoms with van der Waals surface area (Å²) in [5, 5.41) is 3.49. The summed E-state index contributed by atoms with van der Waals surface area (Å²) in [6, 6.07) is 0. The van der Waals surface area contributed by atoms with Gasteiger partial charge in [-0.05, 0) is 37.1 Å². The van der Waals surface area contributed by atoms with Gasteiger partial charge in [-0.25, -0.2) is 0 Å². The summed E-state index contributed by atoms with van der Waals surface area (Å²) in [7, 11) is 0. The summed E-state index contributed by atoms with van der Waals surface area (Å²) in [6.45, 7) is 13.9. The molecule has 2 aliphatic heterocycles. The monoisotopic (exact) mass is 254 g/mol. The minimum atomic E-state index is 0.506. The maximum atomic E-state index is 5.95. The molecule has 0 spiro atoms. The molecule has 0 aliphatic carbocycles. The second-order valence-electron chi connectivity index (χ2n) is 6.94. The molecule has 0 aromatic carbocycles. The average Bonchev–Trinajstić information content (AvgIpc) is 2.75. The molecule has 0 saturated carbocycles. The van der Waals surface area contributed by atoms with Crippen LogP contribution in [-0.2, 0) is 4.74 Å². The zero-order chi connectivity index (χ0) is 13.0. The first-order chi connectivity index (χ1) is 8.57. The van der Waals surface area contributed by atoms with E-state index in [-0.39, 0.29) is 0 Å². The molecule has 0 amide bonds. The Kier molecular flexibility index (Phi) is 5.05. The highest BCUT2D eigenvalue weighted by Gasteiger charge is 2.32. The Labute approximate surface area is 112 Å². The second kappa shape index (κ2) is 6.36. The Morgan fingerprint density at radius 1 is 1.33 bits per heavy atom. The van der Waals surface area contributed by atoms with E-state index in [0.717, 1.165) is 6.61 Å². The van der Waals surface area contributed by atoms with Crippen LogP contribution in [-0.4, -0.2) is 50.3 Å². The number of hydrogen-bond acceptors (Lipinski definition) is 3. The van der Waals surface area contributed by atoms with Gasteiger partial charge in [0.15, 0.2) is 0 Å². The van der Waals surface area contributed by atoms with Crippen LogP contribution in [0.4, 0.5) is 0 Å². The van der Waals surface area contributed by atoms with E-state index in [4.69, 9.17) is 4.74 Å². The maximum absolute atomic E-state index is 5.95. The zero-order valence-electron chi connectivity index (χ0n) is 12.4. The molecule has 2 heterocycles. The summed E-state index contributed by atoms with van der Waals surface area (Å²) in [6.07, 6.45) is 4.28. The van der Waals surface area contributed by atoms with Crippen LogP contribution in [0.5, 0.6) is 0 Å². The molecule has 0 bridgehead atoms. The molecule has 106 valence electrons. The quantitative estimate of drug-likeness (QED) is 0.813. The van der Waals surface area contributed by atoms with Crippen molar-refractivity contribution >= 4 is 0 Å². The molecule has 3 nitrogen and oxygen atoms in total. The van der Waals surface area contributed by atoms with Crippen molar-refractivity contribution < 1.29 is 4.74 Å². The van der Waals surface area contributed by atoms with Gasteiger partial charge in [-0.15, -0.1) is 0 Å². The molecule has 1 N–H and O–H groups in total. The third kappa shape index (κ3) is 4.22. The van der Waals surface area contributed by atoms with E-state index in [1.54, 1.807) is 0 Å². The van der Waals surface area contributed by atoms with E-state index in [1.165, 1.54) is 52.0 Å². The fourth-order valence-electron chi connectivity index (χ4n) is 3.11. The number of hydrogen-bond donors (Lipinski definition) is 1. The van der Waals surface area contributed by atoms with Crippen molar-refractivity contribution in [2.75, 3.05) is 39.3 Å². The Morgan fingerprint density at radius 3 is 2.61 bits per heavy atom. The van der Waals surface area contributed by atoms with Gasteiger partial charge in [0.25, 0.3) is 0 Å². The lowest BCUT2D eigenvalue weighted by atomic mass is 9.88. The Bertz CT molecular complexity index is 241. The molecule has 2 saturated heterocycles. The highest BCUT2D eigenvalue weighted by molar-refractivity contribution is 4.88. The summed E-state index contributed by atoms with van der Waals surface area (Å²) in [5.41, 5.74) is 0.506. The Balaban J connectivity index is 1.67. The summed E-state index contributed by atoms with van der Waals surface area (Å²) in [5.74, 6) is 0.659. The predicted octanol–water partition coefficient (Wildman–Crippen LogP) is 2.12. The molecule has 3 heteroatoms. The minimum Gasteiger partial charge on any atom is -0.378 e. The third-order valence-electron chi connectivity index (χ3n) is 4.26. The van der Waals surface area contributed by atoms with Gasteiger partial charge in [0, 0.05) is 32.8 Å². The molecule has 0 aromatic heterocycles. The number of likely N-dealkylation sites (tertiary alicyclic amines) is 1. The topological polar surface area (TPSA) is 24.5 Å². The highest BCUT2D eigenvalue weighted by atomic mass is 16.5. The van der Waals surface area contributed by atoms with Crippen LogP contribution in [0.1, 0.15) is 40.0 Å². The van der Waals surface area contributed by atoms with Crippen LogP contribution < -0.4 is 5.32 Å². The van der Waals surface area contributed by atoms with Crippen molar-refractivity contribution in [3.05, 3.63) is 0 Å². The Morgan fingerprint density at radius 2 is 2.06 bits per heavy atom. The summed E-state index contributed by atoms with van der Waals surface area (Å²) >= 11 is 0. The summed E-state index contributed by atoms with van der Waals surface area (Å²) in [4.78, 5) is 2.64. The van der Waals surface area contributed by atoms with Crippen molar-refractivity contribution in [3.8, 4) is 0 Å². The number of ether oxygens (including phenoxy) is 1. The average molecular weight is 254 g/mol. The van der Waals surface area contributed by atoms with Gasteiger partial charge in [0.05, 0.1) is 6.10 Å². The van der Waals surface area contributed by atoms with E-state index < -0.39 is 0 Å². The van der Waals surface area contributed by atoms with Crippen molar-refractivity contribution in [3.63, 3.8) is 0 Å². The van der Waals surface area contributed by atoms with Crippen LogP contribution >= 0.6 is 0 Å². The van der Waals surface area contributed by atoms with E-state index in [0.29, 0.717) is 17.4 Å². The van der Waals surface area contributed by atoms with E-state index in [9.17, 15) is 0 Å². The van der Waals surface area contributed by atoms with E-state index in [1.807, 2.05) is 0 Å². The van der Waals surface area contributed by atoms with Gasteiger partial charge in [0.2, 0.25) is 0 Å². The van der Waals surface area contributed by atoms with Gasteiger partial charge in [-0.2, -0.15) is 0 Å². The first kappa shape index (κ1) is 14.3. The fraction of sp³-hybridized carbons (Fsp3) is 1.00. The maximum Gasteiger partial charge on any atom is 0.0599 e. The first-order valence-corrected chi connectivity index (χ1v) is 7.62. The SMILES string of the molecule is CC(C)COC1CCN(CC2(C)CCNC2)CC1. The van der Waals surface area contributed by atoms with Gasteiger partial charge in [-0.3, -0.25) is 0 Å². The molecule has 18 heavy (non-hydrogen) atoms. The number of nitrogens with zero attached hydrogens (tertiary/aromatic N) is 1. The number of nitrogens with one attached hydrogen (secondary N) is 1. The zero-order valence-corrected chi connectivity index (χ0v) is 12.4. The fourth-order valence-corrected chi connectivity index (χ4v) is 3.11. The molecular weight excluding hydrogens is 224 g/mol. The standard InChI is InChI=1S/C15H30N2O/c1-13(2)10-18-14-4-8-17(9-5-14)12-15(3)6-7-16-11-15/h13-14,16H,4-12H2,1-3H3. The highest BCUT2D eigenvalue weighted by Crippen LogP contribution is 2.27. The van der Waals surface area contributed by atoms with Gasteiger partial charge in [-0.1, -0.05) is 20.8 Å². The molecule has 1 unspecified atom stereocenters. The van der Waals surface area contributed by atoms with Crippen LogP contribution in [0.2, 0.25) is 0 Å². The van der Waals surface area contributed by atoms with Gasteiger partial charge in [0.1, 0.15) is 0 Å². The van der Waals surface area contributed by atoms with Crippen LogP contribution in [0, 0.1) is 11.3 Å². The largest absolute Gasteiger partial charge is 0.378 e. The lowest BCUT2D eigenvalue weighted by Gasteiger charge is -2.37. The lowest BCUT2D eigenvalue weighted by Crippen LogP contribution is -2.43. The van der Waals surface area contributed by atoms with Crippen LogP contribution in [0.15, 0.2) is 0 Å². The van der Waals surface area contributed by atoms with Crippen LogP contribution in [0.25, 0.3) is 0 Å². The first-order valence-electron chi connectivity index (χ1n) is 7.62. The molecule has 2 rings (SSSR count). The van der Waals surface area contributed by atoms with Crippen molar-refractivity contribution in [2.45, 2.75) is 46.1 Å². The van der Waals surface area contributed by atoms with Crippen molar-refractivity contribution in [1.29, 1.82) is 0 Å². The lowest BCUT2D eigenvalue weighted by molar-refractivity contribution is -0.0102. The van der Waals surface area contributed by atoms with E-state index >= 15 is 0 Å². The normalized spacial score (nSPS) is 31.3. The smallest absolute Gasteiger partial charge is 0.0599 e. The molecular formula is C15H30N2O. The Hall–Kier alpha value is -0.120. The van der Waals surface area contributed by atoms with Crippen molar-refractivity contribution in [2.24, 2.45) is 11.3 Å². The third-order valence-corrected chi connectivity index (χ3v) is 4.26. The van der Waals surface area contributed by atoms with Gasteiger partial charge < -0.3 is 15.0 Å². The van der Waals surface area contributed by atoms with Crippen molar-refractivity contribution in [1.82, 2.24) is 10.2 Å². The summed E-state index contributed by atoms with van der Waals surface area (Å²) < 4.78 is 5.95. The minimum absolute atomic E-state index is 0.506. The molecule has 2 aliphatic rings. The predicted molar refractivity (Wildman–Crippen MR) is 75.8 cm³/mol. The second-order valence-corrected chi connectivity index (χ2v) is 6.94. The molecule has 2 fully saturated rings.